The third kappa shape index (κ3) is 4.83. The minimum Gasteiger partial charge on any atom is -0.496 e. The molecule has 0 aliphatic heterocycles. The van der Waals surface area contributed by atoms with Crippen molar-refractivity contribution in [2.24, 2.45) is 0 Å². The van der Waals surface area contributed by atoms with E-state index in [0.29, 0.717) is 11.3 Å². The molecule has 1 amide bonds. The molecule has 1 atom stereocenters. The number of para-hydroxylation sites is 1. The highest BCUT2D eigenvalue weighted by molar-refractivity contribution is 5.94. The van der Waals surface area contributed by atoms with Crippen LogP contribution < -0.4 is 10.1 Å². The third-order valence-corrected chi connectivity index (χ3v) is 4.07. The number of ether oxygens (including phenoxy) is 2. The maximum absolute atomic E-state index is 12.1. The Kier molecular flexibility index (Phi) is 6.17. The second-order valence-corrected chi connectivity index (χ2v) is 5.91. The SMILES string of the molecule is COc1ccccc1C(=O)OCC(=O)N[C@H](C)c1ccc(C)c(C)c1. The number of esters is 1. The van der Waals surface area contributed by atoms with Crippen LogP contribution in [0.15, 0.2) is 42.5 Å². The molecule has 0 aliphatic rings. The van der Waals surface area contributed by atoms with Crippen LogP contribution in [-0.2, 0) is 9.53 Å². The fourth-order valence-corrected chi connectivity index (χ4v) is 2.42. The van der Waals surface area contributed by atoms with Crippen molar-refractivity contribution >= 4 is 11.9 Å². The van der Waals surface area contributed by atoms with Gasteiger partial charge in [-0.1, -0.05) is 30.3 Å². The standard InChI is InChI=1S/C20H23NO4/c1-13-9-10-16(11-14(13)2)15(3)21-19(22)12-25-20(23)17-7-5-6-8-18(17)24-4/h5-11,15H,12H2,1-4H3,(H,21,22)/t15-/m1/s1. The molecule has 0 bridgehead atoms. The maximum Gasteiger partial charge on any atom is 0.342 e. The number of rotatable bonds is 6. The lowest BCUT2D eigenvalue weighted by Crippen LogP contribution is -2.31. The zero-order chi connectivity index (χ0) is 18.4. The topological polar surface area (TPSA) is 64.6 Å². The minimum atomic E-state index is -0.591. The van der Waals surface area contributed by atoms with Crippen molar-refractivity contribution in [2.45, 2.75) is 26.8 Å². The van der Waals surface area contributed by atoms with E-state index < -0.39 is 5.97 Å². The molecule has 0 saturated heterocycles. The molecule has 1 N–H and O–H groups in total. The van der Waals surface area contributed by atoms with Gasteiger partial charge in [-0.3, -0.25) is 4.79 Å². The number of carbonyl (C=O) groups excluding carboxylic acids is 2. The Balaban J connectivity index is 1.91. The summed E-state index contributed by atoms with van der Waals surface area (Å²) in [6.45, 7) is 5.62. The van der Waals surface area contributed by atoms with Gasteiger partial charge in [0.25, 0.3) is 5.91 Å². The first kappa shape index (κ1) is 18.5. The summed E-state index contributed by atoms with van der Waals surface area (Å²) in [6.07, 6.45) is 0. The first-order valence-electron chi connectivity index (χ1n) is 8.09. The van der Waals surface area contributed by atoms with Gasteiger partial charge in [0.05, 0.1) is 13.2 Å². The summed E-state index contributed by atoms with van der Waals surface area (Å²) >= 11 is 0. The number of hydrogen-bond acceptors (Lipinski definition) is 4. The van der Waals surface area contributed by atoms with Gasteiger partial charge in [0.15, 0.2) is 6.61 Å². The summed E-state index contributed by atoms with van der Waals surface area (Å²) < 4.78 is 10.2. The largest absolute Gasteiger partial charge is 0.496 e. The Labute approximate surface area is 148 Å². The first-order valence-corrected chi connectivity index (χ1v) is 8.09. The Morgan fingerprint density at radius 2 is 1.80 bits per heavy atom. The number of benzene rings is 2. The second kappa shape index (κ2) is 8.33. The zero-order valence-corrected chi connectivity index (χ0v) is 15.0. The van der Waals surface area contributed by atoms with Gasteiger partial charge in [0, 0.05) is 0 Å². The van der Waals surface area contributed by atoms with Crippen LogP contribution in [0.3, 0.4) is 0 Å². The Hall–Kier alpha value is -2.82. The average molecular weight is 341 g/mol. The molecular weight excluding hydrogens is 318 g/mol. The van der Waals surface area contributed by atoms with E-state index in [1.807, 2.05) is 39.0 Å². The average Bonchev–Trinajstić information content (AvgIpc) is 2.61. The molecule has 2 aromatic carbocycles. The molecule has 132 valence electrons. The molecule has 0 saturated carbocycles. The van der Waals surface area contributed by atoms with E-state index in [-0.39, 0.29) is 18.6 Å². The van der Waals surface area contributed by atoms with E-state index in [1.165, 1.54) is 18.2 Å². The molecule has 2 rings (SSSR count). The van der Waals surface area contributed by atoms with E-state index in [2.05, 4.69) is 5.32 Å². The minimum absolute atomic E-state index is 0.170. The molecule has 5 nitrogen and oxygen atoms in total. The molecule has 0 radical (unpaired) electrons. The van der Waals surface area contributed by atoms with Gasteiger partial charge in [-0.25, -0.2) is 4.79 Å². The first-order chi connectivity index (χ1) is 11.9. The van der Waals surface area contributed by atoms with E-state index in [1.54, 1.807) is 24.3 Å². The van der Waals surface area contributed by atoms with E-state index in [9.17, 15) is 9.59 Å². The maximum atomic E-state index is 12.1. The second-order valence-electron chi connectivity index (χ2n) is 5.91. The molecule has 0 aromatic heterocycles. The highest BCUT2D eigenvalue weighted by Gasteiger charge is 2.16. The molecular formula is C20H23NO4. The van der Waals surface area contributed by atoms with Gasteiger partial charge >= 0.3 is 5.97 Å². The van der Waals surface area contributed by atoms with Crippen molar-refractivity contribution in [3.05, 3.63) is 64.7 Å². The van der Waals surface area contributed by atoms with Gasteiger partial charge in [-0.15, -0.1) is 0 Å². The van der Waals surface area contributed by atoms with Crippen molar-refractivity contribution in [3.8, 4) is 5.75 Å². The van der Waals surface area contributed by atoms with E-state index in [4.69, 9.17) is 9.47 Å². The molecule has 0 unspecified atom stereocenters. The zero-order valence-electron chi connectivity index (χ0n) is 15.0. The number of carbonyl (C=O) groups is 2. The van der Waals surface area contributed by atoms with Crippen molar-refractivity contribution in [3.63, 3.8) is 0 Å². The molecule has 25 heavy (non-hydrogen) atoms. The van der Waals surface area contributed by atoms with Gasteiger partial charge in [0.2, 0.25) is 0 Å². The monoisotopic (exact) mass is 341 g/mol. The van der Waals surface area contributed by atoms with Crippen LogP contribution in [0.25, 0.3) is 0 Å². The molecule has 2 aromatic rings. The van der Waals surface area contributed by atoms with Crippen LogP contribution in [0.4, 0.5) is 0 Å². The fraction of sp³-hybridized carbons (Fsp3) is 0.300. The van der Waals surface area contributed by atoms with Gasteiger partial charge in [0.1, 0.15) is 11.3 Å². The van der Waals surface area contributed by atoms with Crippen LogP contribution in [-0.4, -0.2) is 25.6 Å². The molecule has 0 heterocycles. The lowest BCUT2D eigenvalue weighted by Gasteiger charge is -2.16. The summed E-state index contributed by atoms with van der Waals surface area (Å²) in [7, 11) is 1.48. The molecule has 0 spiro atoms. The normalized spacial score (nSPS) is 11.5. The van der Waals surface area contributed by atoms with Crippen LogP contribution in [0, 0.1) is 13.8 Å². The summed E-state index contributed by atoms with van der Waals surface area (Å²) in [6, 6.07) is 12.6. The van der Waals surface area contributed by atoms with Crippen LogP contribution >= 0.6 is 0 Å². The van der Waals surface area contributed by atoms with Crippen LogP contribution in [0.5, 0.6) is 5.75 Å². The molecule has 0 fully saturated rings. The van der Waals surface area contributed by atoms with Gasteiger partial charge in [-0.05, 0) is 49.6 Å². The number of aryl methyl sites for hydroxylation is 2. The van der Waals surface area contributed by atoms with E-state index >= 15 is 0 Å². The summed E-state index contributed by atoms with van der Waals surface area (Å²) in [5, 5.41) is 2.83. The van der Waals surface area contributed by atoms with Crippen molar-refractivity contribution < 1.29 is 19.1 Å². The lowest BCUT2D eigenvalue weighted by atomic mass is 10.0. The highest BCUT2D eigenvalue weighted by atomic mass is 16.5. The number of methoxy groups -OCH3 is 1. The third-order valence-electron chi connectivity index (χ3n) is 4.07. The van der Waals surface area contributed by atoms with Crippen molar-refractivity contribution in [2.75, 3.05) is 13.7 Å². The Morgan fingerprint density at radius 1 is 1.08 bits per heavy atom. The van der Waals surface area contributed by atoms with Crippen molar-refractivity contribution in [1.82, 2.24) is 5.32 Å². The predicted molar refractivity (Wildman–Crippen MR) is 95.8 cm³/mol. The number of hydrogen-bond donors (Lipinski definition) is 1. The molecule has 5 heteroatoms. The highest BCUT2D eigenvalue weighted by Crippen LogP contribution is 2.19. The Bertz CT molecular complexity index is 770. The molecule has 0 aliphatic carbocycles. The number of amides is 1. The Morgan fingerprint density at radius 3 is 2.48 bits per heavy atom. The van der Waals surface area contributed by atoms with E-state index in [0.717, 1.165) is 5.56 Å². The smallest absolute Gasteiger partial charge is 0.342 e. The van der Waals surface area contributed by atoms with Crippen LogP contribution in [0.1, 0.15) is 40.0 Å². The van der Waals surface area contributed by atoms with Crippen LogP contribution in [0.2, 0.25) is 0 Å². The lowest BCUT2D eigenvalue weighted by molar-refractivity contribution is -0.124. The quantitative estimate of drug-likeness (QED) is 0.819. The predicted octanol–water partition coefficient (Wildman–Crippen LogP) is 3.35. The summed E-state index contributed by atoms with van der Waals surface area (Å²) in [4.78, 5) is 24.1. The number of nitrogens with one attached hydrogen (secondary N) is 1. The van der Waals surface area contributed by atoms with Gasteiger partial charge in [-0.2, -0.15) is 0 Å². The van der Waals surface area contributed by atoms with Crippen molar-refractivity contribution in [1.29, 1.82) is 0 Å². The van der Waals surface area contributed by atoms with Gasteiger partial charge < -0.3 is 14.8 Å². The fourth-order valence-electron chi connectivity index (χ4n) is 2.42. The summed E-state index contributed by atoms with van der Waals surface area (Å²) in [5.41, 5.74) is 3.67. The summed E-state index contributed by atoms with van der Waals surface area (Å²) in [5.74, 6) is -0.531.